The molecule has 0 spiro atoms. The second kappa shape index (κ2) is 6.24. The zero-order chi connectivity index (χ0) is 18.2. The number of para-hydroxylation sites is 1. The van der Waals surface area contributed by atoms with Crippen molar-refractivity contribution in [3.63, 3.8) is 0 Å². The number of amides is 1. The molecule has 1 aliphatic heterocycles. The van der Waals surface area contributed by atoms with E-state index in [1.165, 1.54) is 6.20 Å². The molecular formula is C18H22BN3O3. The molecule has 25 heavy (non-hydrogen) atoms. The summed E-state index contributed by atoms with van der Waals surface area (Å²) < 4.78 is 12.2. The van der Waals surface area contributed by atoms with Gasteiger partial charge in [0.25, 0.3) is 5.91 Å². The van der Waals surface area contributed by atoms with Crippen molar-refractivity contribution in [2.45, 2.75) is 45.8 Å². The molecule has 0 aliphatic carbocycles. The molecule has 2 heterocycles. The van der Waals surface area contributed by atoms with E-state index in [0.29, 0.717) is 5.69 Å². The second-order valence-electron chi connectivity index (χ2n) is 7.17. The van der Waals surface area contributed by atoms with E-state index in [9.17, 15) is 4.79 Å². The summed E-state index contributed by atoms with van der Waals surface area (Å²) in [5, 5.41) is 2.88. The van der Waals surface area contributed by atoms with Crippen LogP contribution in [-0.4, -0.2) is 34.2 Å². The summed E-state index contributed by atoms with van der Waals surface area (Å²) in [4.78, 5) is 20.7. The van der Waals surface area contributed by atoms with Crippen LogP contribution < -0.4 is 10.8 Å². The van der Waals surface area contributed by atoms with E-state index in [1.807, 2.05) is 58.9 Å². The van der Waals surface area contributed by atoms with E-state index in [4.69, 9.17) is 9.31 Å². The maximum absolute atomic E-state index is 12.5. The molecule has 1 aromatic carbocycles. The van der Waals surface area contributed by atoms with Gasteiger partial charge in [-0.1, -0.05) is 18.2 Å². The van der Waals surface area contributed by atoms with Gasteiger partial charge >= 0.3 is 7.12 Å². The van der Waals surface area contributed by atoms with E-state index < -0.39 is 18.3 Å². The minimum atomic E-state index is -0.550. The maximum atomic E-state index is 12.5. The third-order valence-electron chi connectivity index (χ3n) is 4.73. The lowest BCUT2D eigenvalue weighted by Gasteiger charge is -2.32. The monoisotopic (exact) mass is 339 g/mol. The third kappa shape index (κ3) is 3.43. The van der Waals surface area contributed by atoms with Crippen molar-refractivity contribution in [2.24, 2.45) is 0 Å². The lowest BCUT2D eigenvalue weighted by molar-refractivity contribution is 0.00578. The van der Waals surface area contributed by atoms with Crippen molar-refractivity contribution in [1.82, 2.24) is 9.97 Å². The average Bonchev–Trinajstić information content (AvgIpc) is 2.76. The molecule has 0 bridgehead atoms. The van der Waals surface area contributed by atoms with Crippen molar-refractivity contribution in [3.05, 3.63) is 48.0 Å². The summed E-state index contributed by atoms with van der Waals surface area (Å²) in [6.07, 6.45) is 3.02. The molecular weight excluding hydrogens is 317 g/mol. The van der Waals surface area contributed by atoms with Gasteiger partial charge in [-0.3, -0.25) is 9.78 Å². The van der Waals surface area contributed by atoms with Crippen LogP contribution in [0.5, 0.6) is 0 Å². The highest BCUT2D eigenvalue weighted by atomic mass is 16.7. The number of nitrogens with zero attached hydrogens (tertiary/aromatic N) is 2. The van der Waals surface area contributed by atoms with E-state index in [-0.39, 0.29) is 11.6 Å². The summed E-state index contributed by atoms with van der Waals surface area (Å²) in [6, 6.07) is 7.45. The predicted molar refractivity (Wildman–Crippen MR) is 96.9 cm³/mol. The second-order valence-corrected chi connectivity index (χ2v) is 7.17. The molecule has 0 unspecified atom stereocenters. The molecule has 1 aromatic heterocycles. The number of rotatable bonds is 3. The predicted octanol–water partition coefficient (Wildman–Crippen LogP) is 2.34. The Morgan fingerprint density at radius 3 is 2.28 bits per heavy atom. The van der Waals surface area contributed by atoms with Crippen LogP contribution in [0.3, 0.4) is 0 Å². The number of anilines is 1. The van der Waals surface area contributed by atoms with Crippen molar-refractivity contribution < 1.29 is 14.1 Å². The van der Waals surface area contributed by atoms with Crippen LogP contribution >= 0.6 is 0 Å². The summed E-state index contributed by atoms with van der Waals surface area (Å²) in [5.74, 6) is -0.323. The first-order chi connectivity index (χ1) is 11.7. The SMILES string of the molecule is Cc1cnc(C(=O)Nc2ccccc2B2OC(C)(C)C(C)(C)O2)cn1. The molecule has 1 fully saturated rings. The maximum Gasteiger partial charge on any atom is 0.496 e. The van der Waals surface area contributed by atoms with Crippen LogP contribution in [0.15, 0.2) is 36.7 Å². The minimum absolute atomic E-state index is 0.259. The van der Waals surface area contributed by atoms with Crippen molar-refractivity contribution >= 4 is 24.2 Å². The Kier molecular flexibility index (Phi) is 4.39. The van der Waals surface area contributed by atoms with Gasteiger partial charge in [-0.05, 0) is 40.7 Å². The van der Waals surface area contributed by atoms with Crippen LogP contribution in [0.4, 0.5) is 5.69 Å². The fourth-order valence-corrected chi connectivity index (χ4v) is 2.48. The normalized spacial score (nSPS) is 18.2. The molecule has 3 rings (SSSR count). The highest BCUT2D eigenvalue weighted by Gasteiger charge is 2.52. The lowest BCUT2D eigenvalue weighted by Crippen LogP contribution is -2.41. The van der Waals surface area contributed by atoms with E-state index in [0.717, 1.165) is 11.2 Å². The van der Waals surface area contributed by atoms with Crippen molar-refractivity contribution in [2.75, 3.05) is 5.32 Å². The quantitative estimate of drug-likeness (QED) is 0.869. The van der Waals surface area contributed by atoms with Crippen LogP contribution in [-0.2, 0) is 9.31 Å². The van der Waals surface area contributed by atoms with E-state index in [2.05, 4.69) is 15.3 Å². The lowest BCUT2D eigenvalue weighted by atomic mass is 9.78. The smallest absolute Gasteiger partial charge is 0.399 e. The molecule has 130 valence electrons. The molecule has 0 radical (unpaired) electrons. The fraction of sp³-hybridized carbons (Fsp3) is 0.389. The van der Waals surface area contributed by atoms with Gasteiger partial charge in [-0.25, -0.2) is 4.98 Å². The molecule has 2 aromatic rings. The zero-order valence-corrected chi connectivity index (χ0v) is 15.2. The Morgan fingerprint density at radius 2 is 1.68 bits per heavy atom. The molecule has 0 saturated carbocycles. The highest BCUT2D eigenvalue weighted by Crippen LogP contribution is 2.37. The number of aryl methyl sites for hydroxylation is 1. The first-order valence-corrected chi connectivity index (χ1v) is 8.24. The Labute approximate surface area is 148 Å². The molecule has 1 amide bonds. The van der Waals surface area contributed by atoms with Gasteiger partial charge in [0.1, 0.15) is 5.69 Å². The van der Waals surface area contributed by atoms with E-state index in [1.54, 1.807) is 6.20 Å². The number of nitrogens with one attached hydrogen (secondary N) is 1. The van der Waals surface area contributed by atoms with Crippen LogP contribution in [0.25, 0.3) is 0 Å². The molecule has 1 aliphatic rings. The molecule has 6 nitrogen and oxygen atoms in total. The molecule has 7 heteroatoms. The standard InChI is InChI=1S/C18H22BN3O3/c1-12-10-21-15(11-20-12)16(23)22-14-9-7-6-8-13(14)19-24-17(2,3)18(4,5)25-19/h6-11H,1-5H3,(H,22,23). The first kappa shape index (κ1) is 17.6. The summed E-state index contributed by atoms with van der Waals surface area (Å²) in [6.45, 7) is 9.81. The Balaban J connectivity index is 1.85. The van der Waals surface area contributed by atoms with Crippen LogP contribution in [0.2, 0.25) is 0 Å². The number of hydrogen-bond donors (Lipinski definition) is 1. The number of benzene rings is 1. The van der Waals surface area contributed by atoms with Gasteiger partial charge < -0.3 is 14.6 Å². The van der Waals surface area contributed by atoms with Crippen molar-refractivity contribution in [3.8, 4) is 0 Å². The van der Waals surface area contributed by atoms with Gasteiger partial charge in [-0.2, -0.15) is 0 Å². The van der Waals surface area contributed by atoms with Gasteiger partial charge in [-0.15, -0.1) is 0 Å². The average molecular weight is 339 g/mol. The van der Waals surface area contributed by atoms with Gasteiger partial charge in [0.2, 0.25) is 0 Å². The summed E-state index contributed by atoms with van der Waals surface area (Å²) in [7, 11) is -0.550. The Morgan fingerprint density at radius 1 is 1.04 bits per heavy atom. The zero-order valence-electron chi connectivity index (χ0n) is 15.2. The minimum Gasteiger partial charge on any atom is -0.399 e. The summed E-state index contributed by atoms with van der Waals surface area (Å²) >= 11 is 0. The largest absolute Gasteiger partial charge is 0.496 e. The number of aromatic nitrogens is 2. The van der Waals surface area contributed by atoms with Crippen molar-refractivity contribution in [1.29, 1.82) is 0 Å². The van der Waals surface area contributed by atoms with E-state index >= 15 is 0 Å². The number of hydrogen-bond acceptors (Lipinski definition) is 5. The van der Waals surface area contributed by atoms with Gasteiger partial charge in [0, 0.05) is 17.3 Å². The molecule has 0 atom stereocenters. The van der Waals surface area contributed by atoms with Gasteiger partial charge in [0.05, 0.1) is 23.1 Å². The fourth-order valence-electron chi connectivity index (χ4n) is 2.48. The Hall–Kier alpha value is -2.25. The Bertz CT molecular complexity index is 774. The first-order valence-electron chi connectivity index (χ1n) is 8.24. The summed E-state index contributed by atoms with van der Waals surface area (Å²) in [5.41, 5.74) is 1.53. The molecule has 1 saturated heterocycles. The number of carbonyl (C=O) groups is 1. The van der Waals surface area contributed by atoms with Gasteiger partial charge in [0.15, 0.2) is 0 Å². The highest BCUT2D eigenvalue weighted by molar-refractivity contribution is 6.64. The number of carbonyl (C=O) groups excluding carboxylic acids is 1. The topological polar surface area (TPSA) is 73.3 Å². The molecule has 1 N–H and O–H groups in total. The van der Waals surface area contributed by atoms with Crippen LogP contribution in [0.1, 0.15) is 43.9 Å². The third-order valence-corrected chi connectivity index (χ3v) is 4.73. The van der Waals surface area contributed by atoms with Crippen LogP contribution in [0, 0.1) is 6.92 Å².